The molecular formula is C27H30N8. The standard InChI is InChI=1S/C27H30N8/c1-29-21-12-9-17-10-14-22(15-19(17)11-13-21)30-27-31-26(28)35(34-27)24-16-20-7-4-6-18-5-2-3-8-23(18)25(20)33-32-24/h2-3,5,8,10,14-16,21,29H,4,6-7,9,11-13H2,1H3,(H3,28,30,31,34)/t21-/m0/s1. The van der Waals surface area contributed by atoms with Gasteiger partial charge in [0.15, 0.2) is 5.82 Å². The first-order valence-corrected chi connectivity index (χ1v) is 12.4. The average molecular weight is 467 g/mol. The normalized spacial score (nSPS) is 17.0. The smallest absolute Gasteiger partial charge is 0.248 e. The van der Waals surface area contributed by atoms with E-state index in [0.29, 0.717) is 17.8 Å². The van der Waals surface area contributed by atoms with Crippen molar-refractivity contribution in [3.63, 3.8) is 0 Å². The van der Waals surface area contributed by atoms with Gasteiger partial charge in [0.05, 0.1) is 5.69 Å². The predicted molar refractivity (Wildman–Crippen MR) is 138 cm³/mol. The molecule has 0 unspecified atom stereocenters. The summed E-state index contributed by atoms with van der Waals surface area (Å²) >= 11 is 0. The Bertz CT molecular complexity index is 1380. The van der Waals surface area contributed by atoms with Crippen molar-refractivity contribution in [2.75, 3.05) is 18.1 Å². The minimum atomic E-state index is 0.280. The zero-order valence-electron chi connectivity index (χ0n) is 20.0. The van der Waals surface area contributed by atoms with Crippen molar-refractivity contribution in [1.29, 1.82) is 0 Å². The maximum absolute atomic E-state index is 6.25. The number of aryl methyl sites for hydroxylation is 4. The molecule has 1 atom stereocenters. The van der Waals surface area contributed by atoms with E-state index in [1.54, 1.807) is 4.68 Å². The Morgan fingerprint density at radius 3 is 2.60 bits per heavy atom. The molecule has 0 spiro atoms. The third-order valence-electron chi connectivity index (χ3n) is 7.27. The molecule has 0 aliphatic heterocycles. The van der Waals surface area contributed by atoms with Crippen molar-refractivity contribution < 1.29 is 0 Å². The van der Waals surface area contributed by atoms with Crippen LogP contribution in [0, 0.1) is 0 Å². The molecule has 6 rings (SSSR count). The van der Waals surface area contributed by atoms with E-state index in [1.165, 1.54) is 23.1 Å². The summed E-state index contributed by atoms with van der Waals surface area (Å²) in [5, 5.41) is 20.4. The van der Waals surface area contributed by atoms with Crippen LogP contribution in [0.3, 0.4) is 0 Å². The zero-order valence-corrected chi connectivity index (χ0v) is 20.0. The van der Waals surface area contributed by atoms with Crippen LogP contribution in [0.5, 0.6) is 0 Å². The maximum Gasteiger partial charge on any atom is 0.248 e. The predicted octanol–water partition coefficient (Wildman–Crippen LogP) is 4.01. The van der Waals surface area contributed by atoms with Gasteiger partial charge in [-0.1, -0.05) is 30.3 Å². The molecule has 0 amide bonds. The van der Waals surface area contributed by atoms with E-state index in [2.05, 4.69) is 73.4 Å². The lowest BCUT2D eigenvalue weighted by molar-refractivity contribution is 0.503. The highest BCUT2D eigenvalue weighted by molar-refractivity contribution is 5.68. The van der Waals surface area contributed by atoms with Crippen molar-refractivity contribution in [3.8, 4) is 17.1 Å². The Morgan fingerprint density at radius 1 is 0.886 bits per heavy atom. The Hall–Kier alpha value is -3.78. The molecule has 2 aliphatic carbocycles. The summed E-state index contributed by atoms with van der Waals surface area (Å²) in [7, 11) is 2.05. The first kappa shape index (κ1) is 21.7. The lowest BCUT2D eigenvalue weighted by Crippen LogP contribution is -2.24. The molecule has 2 aromatic carbocycles. The van der Waals surface area contributed by atoms with Gasteiger partial charge in [-0.15, -0.1) is 15.3 Å². The Morgan fingerprint density at radius 2 is 1.71 bits per heavy atom. The molecule has 178 valence electrons. The summed E-state index contributed by atoms with van der Waals surface area (Å²) in [6.45, 7) is 0. The van der Waals surface area contributed by atoms with Gasteiger partial charge in [0.2, 0.25) is 11.9 Å². The van der Waals surface area contributed by atoms with Crippen LogP contribution < -0.4 is 16.4 Å². The fourth-order valence-electron chi connectivity index (χ4n) is 5.33. The van der Waals surface area contributed by atoms with Crippen LogP contribution in [0.4, 0.5) is 17.6 Å². The highest BCUT2D eigenvalue weighted by Crippen LogP contribution is 2.31. The number of nitrogens with zero attached hydrogens (tertiary/aromatic N) is 5. The van der Waals surface area contributed by atoms with Crippen molar-refractivity contribution >= 4 is 17.6 Å². The Balaban J connectivity index is 1.26. The monoisotopic (exact) mass is 466 g/mol. The van der Waals surface area contributed by atoms with E-state index >= 15 is 0 Å². The molecule has 0 saturated carbocycles. The van der Waals surface area contributed by atoms with Gasteiger partial charge in [-0.2, -0.15) is 9.67 Å². The van der Waals surface area contributed by atoms with E-state index in [1.807, 2.05) is 13.1 Å². The summed E-state index contributed by atoms with van der Waals surface area (Å²) in [5.41, 5.74) is 14.6. The molecule has 2 aromatic heterocycles. The third-order valence-corrected chi connectivity index (χ3v) is 7.27. The highest BCUT2D eigenvalue weighted by atomic mass is 15.4. The van der Waals surface area contributed by atoms with Gasteiger partial charge < -0.3 is 16.4 Å². The van der Waals surface area contributed by atoms with Crippen LogP contribution >= 0.6 is 0 Å². The fourth-order valence-corrected chi connectivity index (χ4v) is 5.33. The van der Waals surface area contributed by atoms with E-state index in [9.17, 15) is 0 Å². The average Bonchev–Trinajstić information content (AvgIpc) is 3.03. The second-order valence-corrected chi connectivity index (χ2v) is 9.46. The van der Waals surface area contributed by atoms with E-state index in [0.717, 1.165) is 61.0 Å². The van der Waals surface area contributed by atoms with Gasteiger partial charge in [0.25, 0.3) is 0 Å². The maximum atomic E-state index is 6.25. The van der Waals surface area contributed by atoms with Crippen LogP contribution in [-0.4, -0.2) is 38.1 Å². The summed E-state index contributed by atoms with van der Waals surface area (Å²) in [5.74, 6) is 1.31. The SMILES string of the molecule is CN[C@H]1CCc2ccc(Nc3nc(N)n(-c4cc5c(nn4)-c4ccccc4CCC5)n3)cc2CC1. The number of anilines is 3. The van der Waals surface area contributed by atoms with Crippen molar-refractivity contribution in [1.82, 2.24) is 30.3 Å². The number of nitrogens with two attached hydrogens (primary N) is 1. The van der Waals surface area contributed by atoms with Crippen LogP contribution in [-0.2, 0) is 25.7 Å². The molecule has 2 heterocycles. The lowest BCUT2D eigenvalue weighted by atomic mass is 10.0. The van der Waals surface area contributed by atoms with Gasteiger partial charge in [-0.25, -0.2) is 0 Å². The van der Waals surface area contributed by atoms with E-state index < -0.39 is 0 Å². The number of aromatic nitrogens is 5. The second kappa shape index (κ2) is 9.11. The minimum Gasteiger partial charge on any atom is -0.368 e. The lowest BCUT2D eigenvalue weighted by Gasteiger charge is -2.11. The number of nitrogens with one attached hydrogen (secondary N) is 2. The van der Waals surface area contributed by atoms with E-state index in [-0.39, 0.29) is 5.95 Å². The quantitative estimate of drug-likeness (QED) is 0.390. The minimum absolute atomic E-state index is 0.280. The molecule has 35 heavy (non-hydrogen) atoms. The molecule has 0 saturated heterocycles. The van der Waals surface area contributed by atoms with Gasteiger partial charge >= 0.3 is 0 Å². The second-order valence-electron chi connectivity index (χ2n) is 9.46. The van der Waals surface area contributed by atoms with E-state index in [4.69, 9.17) is 5.73 Å². The number of fused-ring (bicyclic) bond motifs is 4. The van der Waals surface area contributed by atoms with Crippen LogP contribution in [0.15, 0.2) is 48.5 Å². The topological polar surface area (TPSA) is 107 Å². The Labute approximate surface area is 205 Å². The van der Waals surface area contributed by atoms with Gasteiger partial charge in [0.1, 0.15) is 0 Å². The molecule has 8 heteroatoms. The van der Waals surface area contributed by atoms with Gasteiger partial charge in [0, 0.05) is 17.3 Å². The molecule has 8 nitrogen and oxygen atoms in total. The first-order chi connectivity index (χ1) is 17.2. The molecule has 0 radical (unpaired) electrons. The van der Waals surface area contributed by atoms with Gasteiger partial charge in [-0.3, -0.25) is 0 Å². The summed E-state index contributed by atoms with van der Waals surface area (Å²) in [4.78, 5) is 4.45. The first-order valence-electron chi connectivity index (χ1n) is 12.4. The van der Waals surface area contributed by atoms with Crippen LogP contribution in [0.1, 0.15) is 41.5 Å². The molecule has 2 aliphatic rings. The number of rotatable bonds is 4. The number of nitrogen functional groups attached to an aromatic ring is 1. The molecule has 4 N–H and O–H groups in total. The number of benzene rings is 2. The largest absolute Gasteiger partial charge is 0.368 e. The molecule has 4 aromatic rings. The Kier molecular flexibility index (Phi) is 5.66. The third kappa shape index (κ3) is 4.25. The van der Waals surface area contributed by atoms with Crippen LogP contribution in [0.2, 0.25) is 0 Å². The van der Waals surface area contributed by atoms with Crippen LogP contribution in [0.25, 0.3) is 17.1 Å². The molecule has 0 bridgehead atoms. The zero-order chi connectivity index (χ0) is 23.8. The van der Waals surface area contributed by atoms with Crippen molar-refractivity contribution in [3.05, 3.63) is 70.8 Å². The summed E-state index contributed by atoms with van der Waals surface area (Å²) < 4.78 is 1.56. The molecule has 0 fully saturated rings. The fraction of sp³-hybridized carbons (Fsp3) is 0.333. The number of hydrogen-bond donors (Lipinski definition) is 3. The number of hydrogen-bond acceptors (Lipinski definition) is 7. The van der Waals surface area contributed by atoms with Crippen molar-refractivity contribution in [2.45, 2.75) is 51.0 Å². The summed E-state index contributed by atoms with van der Waals surface area (Å²) in [6.07, 6.45) is 7.53. The highest BCUT2D eigenvalue weighted by Gasteiger charge is 2.19. The molecular weight excluding hydrogens is 436 g/mol. The van der Waals surface area contributed by atoms with Crippen molar-refractivity contribution in [2.24, 2.45) is 0 Å². The van der Waals surface area contributed by atoms with Gasteiger partial charge in [-0.05, 0) is 92.4 Å². The summed E-state index contributed by atoms with van der Waals surface area (Å²) in [6, 6.07) is 17.6.